The Morgan fingerprint density at radius 3 is 2.48 bits per heavy atom. The second kappa shape index (κ2) is 15.7. The minimum Gasteiger partial charge on any atom is -0.460 e. The minimum atomic E-state index is -4.04. The number of sulfonamides is 1. The third-order valence-electron chi connectivity index (χ3n) is 11.4. The quantitative estimate of drug-likeness (QED) is 0.116. The van der Waals surface area contributed by atoms with E-state index >= 15 is 4.39 Å². The summed E-state index contributed by atoms with van der Waals surface area (Å²) in [5.41, 5.74) is 11.3. The van der Waals surface area contributed by atoms with Gasteiger partial charge >= 0.3 is 5.97 Å². The van der Waals surface area contributed by atoms with Gasteiger partial charge in [0.05, 0.1) is 46.7 Å². The SMILES string of the molecule is Cc1c(F)cc2nc3c(c4c2c1CC[C@@H]4NS(=O)(=O)CCC(=O)NCc1ccc(NC(=O)[C@H](C)NC(=O)C(N)C(C)C)cc1)Cn1c-3cc2c(c1=O)COC(=O)[C@H]2C. The minimum absolute atomic E-state index is 0.0875. The van der Waals surface area contributed by atoms with E-state index in [4.69, 9.17) is 15.5 Å². The summed E-state index contributed by atoms with van der Waals surface area (Å²) >= 11 is 0. The molecule has 1 aliphatic carbocycles. The van der Waals surface area contributed by atoms with Gasteiger partial charge in [0.2, 0.25) is 27.7 Å². The summed E-state index contributed by atoms with van der Waals surface area (Å²) in [5.74, 6) is -3.48. The lowest BCUT2D eigenvalue weighted by Crippen LogP contribution is -2.50. The number of aromatic nitrogens is 2. The molecule has 2 aromatic heterocycles. The van der Waals surface area contributed by atoms with Crippen LogP contribution in [0, 0.1) is 18.7 Å². The molecule has 17 heteroatoms. The second-order valence-corrected chi connectivity index (χ2v) is 17.5. The first-order valence-corrected chi connectivity index (χ1v) is 20.9. The number of pyridine rings is 2. The first-order chi connectivity index (χ1) is 27.4. The van der Waals surface area contributed by atoms with Gasteiger partial charge in [-0.25, -0.2) is 22.5 Å². The highest BCUT2D eigenvalue weighted by Crippen LogP contribution is 2.45. The number of nitrogens with two attached hydrogens (primary N) is 1. The number of hydrogen-bond donors (Lipinski definition) is 5. The third kappa shape index (κ3) is 7.73. The van der Waals surface area contributed by atoms with Crippen molar-refractivity contribution >= 4 is 50.3 Å². The normalized spacial score (nSPS) is 17.8. The van der Waals surface area contributed by atoms with E-state index in [9.17, 15) is 32.4 Å². The fraction of sp³-hybridized carbons (Fsp3) is 0.415. The van der Waals surface area contributed by atoms with Gasteiger partial charge in [-0.05, 0) is 85.5 Å². The lowest BCUT2D eigenvalue weighted by molar-refractivity contribution is -0.148. The van der Waals surface area contributed by atoms with Gasteiger partial charge in [-0.3, -0.25) is 24.0 Å². The zero-order valence-electron chi connectivity index (χ0n) is 32.8. The molecule has 3 aliphatic rings. The van der Waals surface area contributed by atoms with Crippen molar-refractivity contribution in [3.63, 3.8) is 0 Å². The Kier molecular flexibility index (Phi) is 11.0. The molecule has 0 radical (unpaired) electrons. The molecule has 1 unspecified atom stereocenters. The molecule has 58 heavy (non-hydrogen) atoms. The number of anilines is 1. The molecule has 2 aliphatic heterocycles. The topological polar surface area (TPSA) is 221 Å². The summed E-state index contributed by atoms with van der Waals surface area (Å²) in [6.07, 6.45) is 0.368. The fourth-order valence-electron chi connectivity index (χ4n) is 7.83. The number of ether oxygens (including phenoxy) is 1. The van der Waals surface area contributed by atoms with Gasteiger partial charge in [0, 0.05) is 41.7 Å². The monoisotopic (exact) mass is 815 g/mol. The molecule has 0 spiro atoms. The molecule has 3 amide bonds. The summed E-state index contributed by atoms with van der Waals surface area (Å²) in [4.78, 5) is 68.6. The van der Waals surface area contributed by atoms with E-state index in [1.165, 1.54) is 6.07 Å². The number of rotatable bonds is 12. The molecule has 15 nitrogen and oxygen atoms in total. The fourth-order valence-corrected chi connectivity index (χ4v) is 9.07. The predicted molar refractivity (Wildman–Crippen MR) is 213 cm³/mol. The van der Waals surface area contributed by atoms with Crippen LogP contribution in [-0.4, -0.2) is 59.5 Å². The van der Waals surface area contributed by atoms with Crippen molar-refractivity contribution in [3.8, 4) is 11.4 Å². The summed E-state index contributed by atoms with van der Waals surface area (Å²) in [6, 6.07) is 7.47. The van der Waals surface area contributed by atoms with Crippen LogP contribution in [0.2, 0.25) is 0 Å². The number of benzene rings is 2. The van der Waals surface area contributed by atoms with Crippen molar-refractivity contribution in [3.05, 3.63) is 91.5 Å². The molecular formula is C41H46FN7O8S. The van der Waals surface area contributed by atoms with Crippen molar-refractivity contribution in [1.29, 1.82) is 0 Å². The van der Waals surface area contributed by atoms with Crippen LogP contribution >= 0.6 is 0 Å². The standard InChI is InChI=1S/C41H46FN7O8S/c1-19(2)36(43)39(52)45-22(5)38(51)46-24-8-6-23(7-9-24)16-44-33(50)12-13-58(55,56)48-30-11-10-25-20(3)29(42)15-31-34(25)35(30)27-17-49-32(37(27)47-31)14-26-21(4)41(54)57-18-28(26)40(49)53/h6-9,14-15,19,21-22,30,36,48H,10-13,16-18,43H2,1-5H3,(H,44,50)(H,45,52)(H,46,51)/t21-,22-,30-,36?/m0/s1. The predicted octanol–water partition coefficient (Wildman–Crippen LogP) is 3.07. The Labute approximate surface area is 334 Å². The molecule has 0 saturated carbocycles. The molecule has 0 saturated heterocycles. The first-order valence-electron chi connectivity index (χ1n) is 19.2. The summed E-state index contributed by atoms with van der Waals surface area (Å²) in [7, 11) is -4.04. The number of amides is 3. The van der Waals surface area contributed by atoms with E-state index in [1.807, 2.05) is 13.8 Å². The molecule has 0 fully saturated rings. The van der Waals surface area contributed by atoms with Gasteiger partial charge in [0.15, 0.2) is 0 Å². The second-order valence-electron chi connectivity index (χ2n) is 15.6. The summed E-state index contributed by atoms with van der Waals surface area (Å²) in [5, 5.41) is 8.70. The van der Waals surface area contributed by atoms with Crippen molar-refractivity contribution in [2.75, 3.05) is 11.1 Å². The maximum atomic E-state index is 15.2. The van der Waals surface area contributed by atoms with Crippen molar-refractivity contribution in [2.24, 2.45) is 11.7 Å². The molecule has 4 aromatic rings. The van der Waals surface area contributed by atoms with Crippen LogP contribution in [-0.2, 0) is 60.1 Å². The summed E-state index contributed by atoms with van der Waals surface area (Å²) < 4.78 is 52.0. The van der Waals surface area contributed by atoms with Crippen LogP contribution in [0.4, 0.5) is 10.1 Å². The molecule has 4 atom stereocenters. The molecule has 306 valence electrons. The first kappa shape index (κ1) is 40.7. The van der Waals surface area contributed by atoms with Crippen LogP contribution in [0.25, 0.3) is 22.3 Å². The number of aryl methyl sites for hydroxylation is 1. The zero-order valence-corrected chi connectivity index (χ0v) is 33.6. The highest BCUT2D eigenvalue weighted by Gasteiger charge is 2.38. The lowest BCUT2D eigenvalue weighted by Gasteiger charge is -2.29. The van der Waals surface area contributed by atoms with Gasteiger partial charge in [-0.1, -0.05) is 26.0 Å². The number of cyclic esters (lactones) is 1. The van der Waals surface area contributed by atoms with Gasteiger partial charge in [0.25, 0.3) is 5.56 Å². The largest absolute Gasteiger partial charge is 0.460 e. The third-order valence-corrected chi connectivity index (χ3v) is 12.7. The van der Waals surface area contributed by atoms with Crippen LogP contribution in [0.3, 0.4) is 0 Å². The van der Waals surface area contributed by atoms with E-state index in [0.717, 1.165) is 5.56 Å². The Bertz CT molecular complexity index is 2560. The molecular weight excluding hydrogens is 770 g/mol. The Hall–Kier alpha value is -5.52. The number of carbonyl (C=O) groups excluding carboxylic acids is 4. The van der Waals surface area contributed by atoms with Gasteiger partial charge in [-0.2, -0.15) is 0 Å². The number of carbonyl (C=O) groups is 4. The number of esters is 1. The molecule has 2 aromatic carbocycles. The summed E-state index contributed by atoms with van der Waals surface area (Å²) in [6.45, 7) is 8.58. The van der Waals surface area contributed by atoms with E-state index in [-0.39, 0.29) is 37.6 Å². The molecule has 6 N–H and O–H groups in total. The van der Waals surface area contributed by atoms with E-state index in [2.05, 4.69) is 20.7 Å². The number of halogens is 1. The van der Waals surface area contributed by atoms with Gasteiger partial charge in [0.1, 0.15) is 18.5 Å². The number of hydrogen-bond acceptors (Lipinski definition) is 10. The number of nitrogens with zero attached hydrogens (tertiary/aromatic N) is 2. The van der Waals surface area contributed by atoms with Crippen LogP contribution in [0.1, 0.15) is 91.4 Å². The molecule has 4 heterocycles. The Morgan fingerprint density at radius 2 is 1.78 bits per heavy atom. The van der Waals surface area contributed by atoms with E-state index in [1.54, 1.807) is 55.7 Å². The smallest absolute Gasteiger partial charge is 0.313 e. The van der Waals surface area contributed by atoms with Crippen molar-refractivity contribution in [1.82, 2.24) is 24.9 Å². The maximum absolute atomic E-state index is 15.2. The van der Waals surface area contributed by atoms with Crippen LogP contribution in [0.5, 0.6) is 0 Å². The van der Waals surface area contributed by atoms with Crippen molar-refractivity contribution in [2.45, 2.75) is 97.6 Å². The van der Waals surface area contributed by atoms with Gasteiger partial charge < -0.3 is 31.0 Å². The van der Waals surface area contributed by atoms with Crippen LogP contribution in [0.15, 0.2) is 41.2 Å². The lowest BCUT2D eigenvalue weighted by atomic mass is 9.82. The maximum Gasteiger partial charge on any atom is 0.313 e. The molecule has 0 bridgehead atoms. The van der Waals surface area contributed by atoms with E-state index < -0.39 is 69.3 Å². The van der Waals surface area contributed by atoms with Crippen molar-refractivity contribution < 1.29 is 36.7 Å². The number of fused-ring (bicyclic) bond motifs is 5. The van der Waals surface area contributed by atoms with Gasteiger partial charge in [-0.15, -0.1) is 0 Å². The average Bonchev–Trinajstić information content (AvgIpc) is 3.55. The van der Waals surface area contributed by atoms with Crippen LogP contribution < -0.4 is 32.0 Å². The Morgan fingerprint density at radius 1 is 1.05 bits per heavy atom. The highest BCUT2D eigenvalue weighted by molar-refractivity contribution is 7.89. The average molecular weight is 816 g/mol. The zero-order chi connectivity index (χ0) is 41.8. The molecule has 7 rings (SSSR count). The number of nitrogens with one attached hydrogen (secondary N) is 4. The Balaban J connectivity index is 1.02. The van der Waals surface area contributed by atoms with E-state index in [0.29, 0.717) is 74.2 Å². The highest BCUT2D eigenvalue weighted by atomic mass is 32.2.